The normalized spacial score (nSPS) is 22.7. The van der Waals surface area contributed by atoms with E-state index in [1.165, 1.54) is 0 Å². The number of amides is 2. The molecule has 5 rings (SSSR count). The second kappa shape index (κ2) is 12.1. The fourth-order valence-electron chi connectivity index (χ4n) is 5.74. The number of rotatable bonds is 7. The number of hydrogen-bond donors (Lipinski definition) is 3. The minimum atomic E-state index is -1.42. The highest BCUT2D eigenvalue weighted by Gasteiger charge is 2.54. The van der Waals surface area contributed by atoms with E-state index in [0.29, 0.717) is 59.5 Å². The molecule has 0 saturated carbocycles. The third-order valence-corrected chi connectivity index (χ3v) is 8.36. The van der Waals surface area contributed by atoms with Crippen molar-refractivity contribution in [3.63, 3.8) is 0 Å². The lowest BCUT2D eigenvalue weighted by Crippen LogP contribution is -2.60. The third kappa shape index (κ3) is 5.77. The fourth-order valence-corrected chi connectivity index (χ4v) is 5.99. The van der Waals surface area contributed by atoms with Gasteiger partial charge in [0.1, 0.15) is 5.75 Å². The molecule has 0 bridgehead atoms. The number of likely N-dealkylation sites (tertiary alicyclic amines) is 1. The number of primary amides is 1. The fraction of sp³-hybridized carbons (Fsp3) is 0.323. The Morgan fingerprint density at radius 2 is 1.51 bits per heavy atom. The number of carbonyl (C=O) groups is 2. The van der Waals surface area contributed by atoms with E-state index in [1.807, 2.05) is 55.5 Å². The summed E-state index contributed by atoms with van der Waals surface area (Å²) >= 11 is 12.4. The molecule has 2 saturated heterocycles. The molecule has 41 heavy (non-hydrogen) atoms. The zero-order chi connectivity index (χ0) is 29.1. The van der Waals surface area contributed by atoms with Gasteiger partial charge in [-0.3, -0.25) is 20.2 Å². The van der Waals surface area contributed by atoms with Crippen LogP contribution in [0.25, 0.3) is 0 Å². The summed E-state index contributed by atoms with van der Waals surface area (Å²) in [6, 6.07) is 21.6. The number of nitrogens with two attached hydrogens (primary N) is 1. The summed E-state index contributed by atoms with van der Waals surface area (Å²) in [5.74, 6) is -0.391. The molecule has 212 valence electrons. The quantitative estimate of drug-likeness (QED) is 0.362. The van der Waals surface area contributed by atoms with Crippen LogP contribution >= 0.6 is 23.2 Å². The Morgan fingerprint density at radius 1 is 0.976 bits per heavy atom. The Balaban J connectivity index is 1.65. The Morgan fingerprint density at radius 3 is 1.98 bits per heavy atom. The van der Waals surface area contributed by atoms with Gasteiger partial charge in [-0.2, -0.15) is 5.26 Å². The number of nitrogens with one attached hydrogen (secondary N) is 2. The van der Waals surface area contributed by atoms with Crippen LogP contribution in [-0.4, -0.2) is 36.4 Å². The van der Waals surface area contributed by atoms with E-state index in [4.69, 9.17) is 33.7 Å². The Labute approximate surface area is 249 Å². The summed E-state index contributed by atoms with van der Waals surface area (Å²) in [6.07, 6.45) is 0.980. The standard InChI is InChI=1S/C31H31Cl2N5O3/c1-2-41-26-17-19(18-34)3-12-25(26)31(30(40)38-15-13-22(14-16-38)29(35)39)36-27(20-4-8-23(32)9-5-20)28(37-31)21-6-10-24(33)11-7-21/h3-12,17,22,27-28,36-37H,2,13-16H2,1H3,(H2,35,39)/t27-,28+,31?. The number of piperidine rings is 1. The lowest BCUT2D eigenvalue weighted by atomic mass is 9.92. The van der Waals surface area contributed by atoms with Crippen LogP contribution < -0.4 is 21.1 Å². The van der Waals surface area contributed by atoms with E-state index in [2.05, 4.69) is 16.7 Å². The average molecular weight is 593 g/mol. The van der Waals surface area contributed by atoms with Gasteiger partial charge in [0.15, 0.2) is 5.66 Å². The van der Waals surface area contributed by atoms with Crippen LogP contribution in [0.4, 0.5) is 0 Å². The van der Waals surface area contributed by atoms with Gasteiger partial charge in [-0.15, -0.1) is 0 Å². The minimum Gasteiger partial charge on any atom is -0.493 e. The van der Waals surface area contributed by atoms with E-state index < -0.39 is 5.66 Å². The Kier molecular flexibility index (Phi) is 8.52. The Bertz CT molecular complexity index is 1410. The van der Waals surface area contributed by atoms with Crippen LogP contribution in [0.5, 0.6) is 5.75 Å². The minimum absolute atomic E-state index is 0.207. The van der Waals surface area contributed by atoms with Crippen LogP contribution in [0.3, 0.4) is 0 Å². The molecule has 3 atom stereocenters. The van der Waals surface area contributed by atoms with Crippen molar-refractivity contribution in [1.29, 1.82) is 5.26 Å². The zero-order valence-corrected chi connectivity index (χ0v) is 24.1. The van der Waals surface area contributed by atoms with Crippen LogP contribution in [0.1, 0.15) is 54.1 Å². The topological polar surface area (TPSA) is 120 Å². The second-order valence-electron chi connectivity index (χ2n) is 10.3. The van der Waals surface area contributed by atoms with E-state index in [-0.39, 0.29) is 29.8 Å². The van der Waals surface area contributed by atoms with Crippen molar-refractivity contribution in [1.82, 2.24) is 15.5 Å². The van der Waals surface area contributed by atoms with Crippen LogP contribution in [-0.2, 0) is 15.3 Å². The van der Waals surface area contributed by atoms with Crippen molar-refractivity contribution >= 4 is 35.0 Å². The van der Waals surface area contributed by atoms with Crippen LogP contribution in [0.2, 0.25) is 10.0 Å². The number of carbonyl (C=O) groups excluding carboxylic acids is 2. The average Bonchev–Trinajstić information content (AvgIpc) is 3.39. The summed E-state index contributed by atoms with van der Waals surface area (Å²) in [7, 11) is 0. The molecule has 2 amide bonds. The van der Waals surface area contributed by atoms with Crippen LogP contribution in [0, 0.1) is 17.2 Å². The van der Waals surface area contributed by atoms with Gasteiger partial charge in [0.25, 0.3) is 5.91 Å². The highest BCUT2D eigenvalue weighted by molar-refractivity contribution is 6.30. The molecular weight excluding hydrogens is 561 g/mol. The van der Waals surface area contributed by atoms with Gasteiger partial charge >= 0.3 is 0 Å². The van der Waals surface area contributed by atoms with Crippen molar-refractivity contribution in [3.8, 4) is 11.8 Å². The molecule has 1 unspecified atom stereocenters. The molecular formula is C31H31Cl2N5O3. The number of hydrogen-bond acceptors (Lipinski definition) is 6. The summed E-state index contributed by atoms with van der Waals surface area (Å²) in [5, 5.41) is 18.1. The lowest BCUT2D eigenvalue weighted by Gasteiger charge is -2.39. The van der Waals surface area contributed by atoms with Gasteiger partial charge in [-0.25, -0.2) is 0 Å². The van der Waals surface area contributed by atoms with E-state index in [9.17, 15) is 14.9 Å². The van der Waals surface area contributed by atoms with Gasteiger partial charge in [-0.05, 0) is 67.3 Å². The number of benzene rings is 3. The monoisotopic (exact) mass is 591 g/mol. The molecule has 0 spiro atoms. The molecule has 10 heteroatoms. The number of ether oxygens (including phenoxy) is 1. The molecule has 3 aromatic carbocycles. The summed E-state index contributed by atoms with van der Waals surface area (Å²) < 4.78 is 6.02. The van der Waals surface area contributed by atoms with Crippen molar-refractivity contribution in [2.24, 2.45) is 11.7 Å². The molecule has 0 radical (unpaired) electrons. The maximum Gasteiger partial charge on any atom is 0.262 e. The first kappa shape index (κ1) is 28.9. The molecule has 2 aliphatic rings. The first-order valence-corrected chi connectivity index (χ1v) is 14.3. The van der Waals surface area contributed by atoms with Gasteiger partial charge in [0, 0.05) is 34.6 Å². The predicted octanol–water partition coefficient (Wildman–Crippen LogP) is 4.82. The smallest absolute Gasteiger partial charge is 0.262 e. The predicted molar refractivity (Wildman–Crippen MR) is 157 cm³/mol. The molecule has 2 aliphatic heterocycles. The lowest BCUT2D eigenvalue weighted by molar-refractivity contribution is -0.142. The van der Waals surface area contributed by atoms with Crippen molar-refractivity contribution in [2.45, 2.75) is 37.5 Å². The first-order chi connectivity index (χ1) is 19.8. The Hall–Kier alpha value is -3.61. The van der Waals surface area contributed by atoms with E-state index in [1.54, 1.807) is 23.1 Å². The zero-order valence-electron chi connectivity index (χ0n) is 22.6. The molecule has 2 fully saturated rings. The molecule has 8 nitrogen and oxygen atoms in total. The van der Waals surface area contributed by atoms with Crippen LogP contribution in [0.15, 0.2) is 66.7 Å². The number of nitrogens with zero attached hydrogens (tertiary/aromatic N) is 2. The van der Waals surface area contributed by atoms with Gasteiger partial charge in [-0.1, -0.05) is 53.5 Å². The molecule has 4 N–H and O–H groups in total. The molecule has 2 heterocycles. The first-order valence-electron chi connectivity index (χ1n) is 13.6. The number of halogens is 2. The van der Waals surface area contributed by atoms with Gasteiger partial charge in [0.2, 0.25) is 5.91 Å². The SMILES string of the molecule is CCOc1cc(C#N)ccc1C1(C(=O)N2CCC(C(N)=O)CC2)N[C@H](c2ccc(Cl)cc2)[C@H](c2ccc(Cl)cc2)N1. The van der Waals surface area contributed by atoms with Crippen molar-refractivity contribution < 1.29 is 14.3 Å². The largest absolute Gasteiger partial charge is 0.493 e. The molecule has 0 aliphatic carbocycles. The van der Waals surface area contributed by atoms with E-state index in [0.717, 1.165) is 11.1 Å². The summed E-state index contributed by atoms with van der Waals surface area (Å²) in [5.41, 5.74) is 6.98. The molecule has 0 aromatic heterocycles. The van der Waals surface area contributed by atoms with Crippen molar-refractivity contribution in [2.75, 3.05) is 19.7 Å². The second-order valence-corrected chi connectivity index (χ2v) is 11.2. The highest BCUT2D eigenvalue weighted by atomic mass is 35.5. The van der Waals surface area contributed by atoms with Crippen molar-refractivity contribution in [3.05, 3.63) is 99.0 Å². The summed E-state index contributed by atoms with van der Waals surface area (Å²) in [4.78, 5) is 28.3. The van der Waals surface area contributed by atoms with Gasteiger partial charge < -0.3 is 15.4 Å². The summed E-state index contributed by atoms with van der Waals surface area (Å²) in [6.45, 7) is 2.97. The maximum atomic E-state index is 14.7. The molecule has 3 aromatic rings. The van der Waals surface area contributed by atoms with Gasteiger partial charge in [0.05, 0.1) is 30.3 Å². The third-order valence-electron chi connectivity index (χ3n) is 7.86. The highest BCUT2D eigenvalue weighted by Crippen LogP contribution is 2.45. The number of nitriles is 1. The van der Waals surface area contributed by atoms with E-state index >= 15 is 0 Å². The maximum absolute atomic E-state index is 14.7.